The summed E-state index contributed by atoms with van der Waals surface area (Å²) in [5.74, 6) is 1.69. The molecular formula is C21H21N3O2. The van der Waals surface area contributed by atoms with Gasteiger partial charge in [0.15, 0.2) is 5.84 Å². The van der Waals surface area contributed by atoms with Gasteiger partial charge < -0.3 is 14.8 Å². The van der Waals surface area contributed by atoms with Crippen molar-refractivity contribution in [1.82, 2.24) is 9.88 Å². The summed E-state index contributed by atoms with van der Waals surface area (Å²) in [6, 6.07) is 17.9. The molecule has 0 amide bonds. The summed E-state index contributed by atoms with van der Waals surface area (Å²) in [5.41, 5.74) is 1.55. The van der Waals surface area contributed by atoms with Crippen molar-refractivity contribution in [2.75, 3.05) is 13.1 Å². The van der Waals surface area contributed by atoms with E-state index >= 15 is 0 Å². The number of benzene rings is 2. The second kappa shape index (κ2) is 7.04. The van der Waals surface area contributed by atoms with Crippen molar-refractivity contribution in [3.8, 4) is 11.6 Å². The zero-order valence-corrected chi connectivity index (χ0v) is 14.7. The molecule has 5 nitrogen and oxygen atoms in total. The number of rotatable bonds is 3. The molecule has 2 aromatic carbocycles. The maximum absolute atomic E-state index is 9.60. The average molecular weight is 347 g/mol. The van der Waals surface area contributed by atoms with Crippen LogP contribution in [0.4, 0.5) is 0 Å². The fourth-order valence-corrected chi connectivity index (χ4v) is 3.34. The van der Waals surface area contributed by atoms with Gasteiger partial charge in [0.05, 0.1) is 5.56 Å². The summed E-state index contributed by atoms with van der Waals surface area (Å²) < 4.78 is 6.11. The molecule has 1 aliphatic rings. The Morgan fingerprint density at radius 3 is 2.58 bits per heavy atom. The third-order valence-electron chi connectivity index (χ3n) is 4.68. The van der Waals surface area contributed by atoms with Crippen LogP contribution in [-0.2, 0) is 0 Å². The van der Waals surface area contributed by atoms with E-state index in [9.17, 15) is 5.21 Å². The van der Waals surface area contributed by atoms with E-state index in [-0.39, 0.29) is 0 Å². The largest absolute Gasteiger partial charge is 0.438 e. The van der Waals surface area contributed by atoms with E-state index in [1.54, 1.807) is 0 Å². The predicted molar refractivity (Wildman–Crippen MR) is 102 cm³/mol. The molecule has 0 saturated carbocycles. The van der Waals surface area contributed by atoms with Crippen LogP contribution in [0.5, 0.6) is 11.6 Å². The molecule has 0 radical (unpaired) electrons. The molecule has 4 rings (SSSR count). The van der Waals surface area contributed by atoms with Crippen molar-refractivity contribution in [2.45, 2.75) is 19.8 Å². The van der Waals surface area contributed by atoms with Crippen molar-refractivity contribution >= 4 is 16.6 Å². The Kier molecular flexibility index (Phi) is 4.44. The van der Waals surface area contributed by atoms with Gasteiger partial charge >= 0.3 is 0 Å². The summed E-state index contributed by atoms with van der Waals surface area (Å²) in [6.07, 6.45) is 2.19. The molecule has 1 saturated heterocycles. The topological polar surface area (TPSA) is 58.0 Å². The van der Waals surface area contributed by atoms with Gasteiger partial charge in [0.2, 0.25) is 5.88 Å². The Morgan fingerprint density at radius 2 is 1.81 bits per heavy atom. The molecule has 1 aliphatic heterocycles. The number of amidine groups is 1. The maximum Gasteiger partial charge on any atom is 0.230 e. The van der Waals surface area contributed by atoms with E-state index in [0.717, 1.165) is 42.4 Å². The first-order chi connectivity index (χ1) is 12.7. The van der Waals surface area contributed by atoms with Crippen LogP contribution in [0.2, 0.25) is 0 Å². The summed E-state index contributed by atoms with van der Waals surface area (Å²) in [5, 5.41) is 15.4. The molecule has 1 fully saturated rings. The zero-order valence-electron chi connectivity index (χ0n) is 14.7. The third-order valence-corrected chi connectivity index (χ3v) is 4.68. The quantitative estimate of drug-likeness (QED) is 0.326. The third kappa shape index (κ3) is 3.20. The van der Waals surface area contributed by atoms with Crippen LogP contribution in [0.15, 0.2) is 59.8 Å². The molecule has 1 N–H and O–H groups in total. The summed E-state index contributed by atoms with van der Waals surface area (Å²) in [4.78, 5) is 6.62. The van der Waals surface area contributed by atoms with Gasteiger partial charge in [0.25, 0.3) is 0 Å². The normalized spacial score (nSPS) is 14.8. The first kappa shape index (κ1) is 16.4. The van der Waals surface area contributed by atoms with Crippen LogP contribution in [-0.4, -0.2) is 34.0 Å². The van der Waals surface area contributed by atoms with Gasteiger partial charge in [-0.05, 0) is 54.8 Å². The lowest BCUT2D eigenvalue weighted by molar-refractivity contribution is 0.306. The Hall–Kier alpha value is -3.08. The van der Waals surface area contributed by atoms with Gasteiger partial charge in [-0.3, -0.25) is 0 Å². The second-order valence-corrected chi connectivity index (χ2v) is 6.53. The van der Waals surface area contributed by atoms with Crippen molar-refractivity contribution in [3.05, 3.63) is 65.9 Å². The number of pyridine rings is 1. The highest BCUT2D eigenvalue weighted by atomic mass is 16.5. The van der Waals surface area contributed by atoms with Crippen molar-refractivity contribution in [2.24, 2.45) is 5.16 Å². The summed E-state index contributed by atoms with van der Waals surface area (Å²) >= 11 is 0. The second-order valence-electron chi connectivity index (χ2n) is 6.53. The number of hydrogen-bond acceptors (Lipinski definition) is 4. The predicted octanol–water partition coefficient (Wildman–Crippen LogP) is 4.57. The minimum Gasteiger partial charge on any atom is -0.438 e. The van der Waals surface area contributed by atoms with Gasteiger partial charge in [-0.1, -0.05) is 35.5 Å². The molecule has 0 aliphatic carbocycles. The molecule has 132 valence electrons. The Bertz CT molecular complexity index is 962. The Balaban J connectivity index is 1.71. The van der Waals surface area contributed by atoms with E-state index in [0.29, 0.717) is 23.0 Å². The monoisotopic (exact) mass is 347 g/mol. The molecule has 1 aromatic heterocycles. The molecular weight excluding hydrogens is 326 g/mol. The van der Waals surface area contributed by atoms with Gasteiger partial charge in [0.1, 0.15) is 5.75 Å². The van der Waals surface area contributed by atoms with Crippen LogP contribution < -0.4 is 4.74 Å². The number of likely N-dealkylation sites (tertiary alicyclic amines) is 1. The molecule has 0 spiro atoms. The van der Waals surface area contributed by atoms with E-state index in [1.807, 2.05) is 49.4 Å². The standard InChI is InChI=1S/C21H21N3O2/c1-15-8-11-19(20(23-25)24-12-4-5-13-24)21(22-15)26-18-10-9-16-6-2-3-7-17(16)14-18/h2-3,6-11,14,25H,4-5,12-13H2,1H3/b23-20-. The number of nitrogens with zero attached hydrogens (tertiary/aromatic N) is 3. The van der Waals surface area contributed by atoms with Crippen LogP contribution in [0.3, 0.4) is 0 Å². The van der Waals surface area contributed by atoms with Gasteiger partial charge in [-0.2, -0.15) is 0 Å². The molecule has 0 bridgehead atoms. The minimum absolute atomic E-state index is 0.458. The number of aryl methyl sites for hydroxylation is 1. The van der Waals surface area contributed by atoms with E-state index in [2.05, 4.69) is 27.2 Å². The average Bonchev–Trinajstić information content (AvgIpc) is 3.18. The number of ether oxygens (including phenoxy) is 1. The molecule has 2 heterocycles. The smallest absolute Gasteiger partial charge is 0.230 e. The Labute approximate surface area is 152 Å². The fraction of sp³-hybridized carbons (Fsp3) is 0.238. The zero-order chi connectivity index (χ0) is 17.9. The highest BCUT2D eigenvalue weighted by Gasteiger charge is 2.23. The van der Waals surface area contributed by atoms with Crippen LogP contribution in [0.25, 0.3) is 10.8 Å². The first-order valence-corrected chi connectivity index (χ1v) is 8.86. The molecule has 3 aromatic rings. The summed E-state index contributed by atoms with van der Waals surface area (Å²) in [6.45, 7) is 3.67. The molecule has 0 unspecified atom stereocenters. The number of aromatic nitrogens is 1. The lowest BCUT2D eigenvalue weighted by Gasteiger charge is -2.20. The highest BCUT2D eigenvalue weighted by molar-refractivity contribution is 6.00. The first-order valence-electron chi connectivity index (χ1n) is 8.86. The van der Waals surface area contributed by atoms with Crippen molar-refractivity contribution < 1.29 is 9.94 Å². The van der Waals surface area contributed by atoms with Crippen LogP contribution in [0, 0.1) is 6.92 Å². The van der Waals surface area contributed by atoms with Crippen molar-refractivity contribution in [1.29, 1.82) is 0 Å². The number of fused-ring (bicyclic) bond motifs is 1. The van der Waals surface area contributed by atoms with Crippen LogP contribution in [0.1, 0.15) is 24.1 Å². The Morgan fingerprint density at radius 1 is 1.04 bits per heavy atom. The van der Waals surface area contributed by atoms with E-state index in [4.69, 9.17) is 4.74 Å². The van der Waals surface area contributed by atoms with Crippen LogP contribution >= 0.6 is 0 Å². The lowest BCUT2D eigenvalue weighted by atomic mass is 10.1. The van der Waals surface area contributed by atoms with Gasteiger partial charge in [0, 0.05) is 18.8 Å². The van der Waals surface area contributed by atoms with E-state index < -0.39 is 0 Å². The number of oxime groups is 1. The van der Waals surface area contributed by atoms with Gasteiger partial charge in [-0.15, -0.1) is 0 Å². The minimum atomic E-state index is 0.458. The van der Waals surface area contributed by atoms with Gasteiger partial charge in [-0.25, -0.2) is 4.98 Å². The molecule has 26 heavy (non-hydrogen) atoms. The fourth-order valence-electron chi connectivity index (χ4n) is 3.34. The van der Waals surface area contributed by atoms with Crippen molar-refractivity contribution in [3.63, 3.8) is 0 Å². The number of hydrogen-bond donors (Lipinski definition) is 1. The SMILES string of the molecule is Cc1ccc(/C(=N/O)N2CCCC2)c(Oc2ccc3ccccc3c2)n1. The maximum atomic E-state index is 9.60. The lowest BCUT2D eigenvalue weighted by Crippen LogP contribution is -2.29. The molecule has 5 heteroatoms. The highest BCUT2D eigenvalue weighted by Crippen LogP contribution is 2.28. The summed E-state index contributed by atoms with van der Waals surface area (Å²) in [7, 11) is 0. The molecule has 0 atom stereocenters. The van der Waals surface area contributed by atoms with E-state index in [1.165, 1.54) is 0 Å².